The molecule has 3 N–H and O–H groups in total. The van der Waals surface area contributed by atoms with Gasteiger partial charge in [0, 0.05) is 30.0 Å². The quantitative estimate of drug-likeness (QED) is 0.515. The van der Waals surface area contributed by atoms with E-state index in [1.54, 1.807) is 18.2 Å². The highest BCUT2D eigenvalue weighted by Crippen LogP contribution is 2.23. The molecule has 0 bridgehead atoms. The number of carbonyl (C=O) groups is 2. The molecule has 140 valence electrons. The summed E-state index contributed by atoms with van der Waals surface area (Å²) in [6.07, 6.45) is 1.90. The van der Waals surface area contributed by atoms with Crippen molar-refractivity contribution in [2.45, 2.75) is 45.4 Å². The van der Waals surface area contributed by atoms with Crippen molar-refractivity contribution in [1.29, 1.82) is 0 Å². The third-order valence-electron chi connectivity index (χ3n) is 4.46. The maximum absolute atomic E-state index is 12.4. The number of oxime groups is 2. The monoisotopic (exact) mass is 379 g/mol. The Kier molecular flexibility index (Phi) is 7.15. The lowest BCUT2D eigenvalue weighted by Crippen LogP contribution is -2.31. The van der Waals surface area contributed by atoms with Crippen LogP contribution < -0.4 is 5.32 Å². The number of Topliss-reactive ketones (excluding diaryl/α,β-unsaturated/α-hetero) is 1. The Bertz CT molecular complexity index is 746. The minimum atomic E-state index is -0.582. The molecule has 1 aliphatic carbocycles. The second-order valence-corrected chi connectivity index (χ2v) is 6.78. The van der Waals surface area contributed by atoms with Gasteiger partial charge in [0.05, 0.1) is 17.3 Å². The van der Waals surface area contributed by atoms with E-state index in [0.717, 1.165) is 5.56 Å². The fourth-order valence-electron chi connectivity index (χ4n) is 2.99. The highest BCUT2D eigenvalue weighted by Gasteiger charge is 2.30. The summed E-state index contributed by atoms with van der Waals surface area (Å²) < 4.78 is 0. The number of hydrogen-bond donors (Lipinski definition) is 3. The summed E-state index contributed by atoms with van der Waals surface area (Å²) in [5.74, 6) is -0.879. The van der Waals surface area contributed by atoms with Crippen molar-refractivity contribution in [2.75, 3.05) is 5.32 Å². The molecule has 1 aromatic rings. The van der Waals surface area contributed by atoms with Gasteiger partial charge in [0.2, 0.25) is 5.91 Å². The van der Waals surface area contributed by atoms with Crippen molar-refractivity contribution in [3.63, 3.8) is 0 Å². The maximum atomic E-state index is 12.4. The summed E-state index contributed by atoms with van der Waals surface area (Å²) in [7, 11) is 0. The molecular weight excluding hydrogens is 358 g/mol. The number of benzene rings is 1. The molecule has 0 spiro atoms. The van der Waals surface area contributed by atoms with Gasteiger partial charge in [-0.25, -0.2) is 0 Å². The van der Waals surface area contributed by atoms with E-state index in [4.69, 9.17) is 22.0 Å². The van der Waals surface area contributed by atoms with Crippen LogP contribution in [0.25, 0.3) is 0 Å². The Morgan fingerprint density at radius 3 is 2.65 bits per heavy atom. The van der Waals surface area contributed by atoms with E-state index in [0.29, 0.717) is 41.4 Å². The summed E-state index contributed by atoms with van der Waals surface area (Å²) >= 11 is 5.89. The first-order valence-electron chi connectivity index (χ1n) is 8.44. The van der Waals surface area contributed by atoms with Crippen molar-refractivity contribution in [3.8, 4) is 0 Å². The van der Waals surface area contributed by atoms with Gasteiger partial charge in [0.1, 0.15) is 5.78 Å². The van der Waals surface area contributed by atoms with Crippen LogP contribution in [-0.4, -0.2) is 33.5 Å². The molecule has 1 aromatic carbocycles. The van der Waals surface area contributed by atoms with Gasteiger partial charge in [-0.3, -0.25) is 9.59 Å². The van der Waals surface area contributed by atoms with Crippen molar-refractivity contribution in [3.05, 3.63) is 28.8 Å². The third kappa shape index (κ3) is 5.29. The molecule has 8 heteroatoms. The predicted molar refractivity (Wildman–Crippen MR) is 99.5 cm³/mol. The highest BCUT2D eigenvalue weighted by molar-refractivity contribution is 6.30. The van der Waals surface area contributed by atoms with E-state index in [-0.39, 0.29) is 31.0 Å². The number of ketones is 1. The number of nitrogens with one attached hydrogen (secondary N) is 1. The standard InChI is InChI=1S/C18H22ClN3O4/c1-11-9-12(19)5-7-15(11)20-18(24)4-2-3-17(23)14-10-13(21-25)6-8-16(14)22-26/h5,7,9,14,25-26H,2-4,6,8,10H2,1H3,(H,20,24)/b21-13-,22-16+. The molecule has 1 atom stereocenters. The van der Waals surface area contributed by atoms with Crippen molar-refractivity contribution in [1.82, 2.24) is 0 Å². The zero-order valence-electron chi connectivity index (χ0n) is 14.5. The highest BCUT2D eigenvalue weighted by atomic mass is 35.5. The van der Waals surface area contributed by atoms with Gasteiger partial charge in [0.15, 0.2) is 0 Å². The number of amides is 1. The van der Waals surface area contributed by atoms with Crippen LogP contribution in [0.4, 0.5) is 5.69 Å². The molecule has 0 saturated heterocycles. The molecule has 26 heavy (non-hydrogen) atoms. The van der Waals surface area contributed by atoms with Crippen LogP contribution in [0.2, 0.25) is 5.02 Å². The Morgan fingerprint density at radius 2 is 2.00 bits per heavy atom. The van der Waals surface area contributed by atoms with Crippen molar-refractivity contribution >= 4 is 40.4 Å². The van der Waals surface area contributed by atoms with E-state index in [2.05, 4.69) is 15.6 Å². The summed E-state index contributed by atoms with van der Waals surface area (Å²) in [5, 5.41) is 27.7. The van der Waals surface area contributed by atoms with E-state index in [1.807, 2.05) is 6.92 Å². The number of halogens is 1. The van der Waals surface area contributed by atoms with Gasteiger partial charge in [-0.1, -0.05) is 21.9 Å². The van der Waals surface area contributed by atoms with Gasteiger partial charge < -0.3 is 15.7 Å². The second kappa shape index (κ2) is 9.33. The molecule has 1 saturated carbocycles. The molecule has 1 amide bonds. The molecule has 1 unspecified atom stereocenters. The Morgan fingerprint density at radius 1 is 1.23 bits per heavy atom. The van der Waals surface area contributed by atoms with Crippen molar-refractivity contribution < 1.29 is 20.0 Å². The number of aryl methyl sites for hydroxylation is 1. The average molecular weight is 380 g/mol. The number of nitrogens with zero attached hydrogens (tertiary/aromatic N) is 2. The lowest BCUT2D eigenvalue weighted by atomic mass is 9.82. The van der Waals surface area contributed by atoms with Gasteiger partial charge in [-0.2, -0.15) is 0 Å². The van der Waals surface area contributed by atoms with E-state index in [9.17, 15) is 9.59 Å². The molecule has 0 radical (unpaired) electrons. The van der Waals surface area contributed by atoms with E-state index in [1.165, 1.54) is 0 Å². The van der Waals surface area contributed by atoms with Crippen LogP contribution in [0.1, 0.15) is 44.1 Å². The molecule has 0 aliphatic heterocycles. The van der Waals surface area contributed by atoms with Crippen LogP contribution in [0.3, 0.4) is 0 Å². The molecule has 0 aromatic heterocycles. The largest absolute Gasteiger partial charge is 0.411 e. The topological polar surface area (TPSA) is 111 Å². The average Bonchev–Trinajstić information content (AvgIpc) is 2.63. The summed E-state index contributed by atoms with van der Waals surface area (Å²) in [6, 6.07) is 5.20. The van der Waals surface area contributed by atoms with Gasteiger partial charge in [-0.15, -0.1) is 0 Å². The molecule has 1 aliphatic rings. The first-order valence-corrected chi connectivity index (χ1v) is 8.81. The van der Waals surface area contributed by atoms with Crippen LogP contribution >= 0.6 is 11.6 Å². The minimum Gasteiger partial charge on any atom is -0.411 e. The minimum absolute atomic E-state index is 0.117. The predicted octanol–water partition coefficient (Wildman–Crippen LogP) is 3.79. The lowest BCUT2D eigenvalue weighted by molar-refractivity contribution is -0.121. The van der Waals surface area contributed by atoms with Crippen LogP contribution in [-0.2, 0) is 9.59 Å². The molecule has 1 fully saturated rings. The van der Waals surface area contributed by atoms with Crippen LogP contribution in [0.5, 0.6) is 0 Å². The fourth-order valence-corrected chi connectivity index (χ4v) is 3.22. The molecule has 0 heterocycles. The Balaban J connectivity index is 1.84. The summed E-state index contributed by atoms with van der Waals surface area (Å²) in [5.41, 5.74) is 2.48. The summed E-state index contributed by atoms with van der Waals surface area (Å²) in [4.78, 5) is 24.4. The molecule has 2 rings (SSSR count). The number of carbonyl (C=O) groups excluding carboxylic acids is 2. The zero-order valence-corrected chi connectivity index (χ0v) is 15.3. The molecular formula is C18H22ClN3O4. The SMILES string of the molecule is Cc1cc(Cl)ccc1NC(=O)CCCC(=O)C1C/C(=N\O)CC/C1=N\O. The maximum Gasteiger partial charge on any atom is 0.224 e. The Labute approximate surface area is 156 Å². The van der Waals surface area contributed by atoms with Crippen molar-refractivity contribution in [2.24, 2.45) is 16.2 Å². The molecule has 7 nitrogen and oxygen atoms in total. The zero-order chi connectivity index (χ0) is 19.1. The second-order valence-electron chi connectivity index (χ2n) is 6.34. The van der Waals surface area contributed by atoms with Crippen LogP contribution in [0, 0.1) is 12.8 Å². The Hall–Kier alpha value is -2.41. The third-order valence-corrected chi connectivity index (χ3v) is 4.69. The fraction of sp³-hybridized carbons (Fsp3) is 0.444. The first kappa shape index (κ1) is 19.9. The lowest BCUT2D eigenvalue weighted by Gasteiger charge is -2.22. The first-order chi connectivity index (χ1) is 12.4. The summed E-state index contributed by atoms with van der Waals surface area (Å²) in [6.45, 7) is 1.85. The normalized spacial score (nSPS) is 20.3. The van der Waals surface area contributed by atoms with Gasteiger partial charge in [0.25, 0.3) is 0 Å². The number of anilines is 1. The number of hydrogen-bond acceptors (Lipinski definition) is 6. The van der Waals surface area contributed by atoms with E-state index < -0.39 is 5.92 Å². The van der Waals surface area contributed by atoms with Gasteiger partial charge in [-0.05, 0) is 49.9 Å². The van der Waals surface area contributed by atoms with Crippen LogP contribution in [0.15, 0.2) is 28.5 Å². The smallest absolute Gasteiger partial charge is 0.224 e. The van der Waals surface area contributed by atoms with E-state index >= 15 is 0 Å². The number of rotatable bonds is 6. The van der Waals surface area contributed by atoms with Gasteiger partial charge >= 0.3 is 0 Å².